The van der Waals surface area contributed by atoms with Gasteiger partial charge in [-0.15, -0.1) is 0 Å². The third-order valence-electron chi connectivity index (χ3n) is 3.96. The number of amides is 1. The highest BCUT2D eigenvalue weighted by atomic mass is 16.5. The number of nitriles is 1. The molecular formula is C19H25N3O2. The lowest BCUT2D eigenvalue weighted by molar-refractivity contribution is -0.112. The highest BCUT2D eigenvalue weighted by Crippen LogP contribution is 2.24. The van der Waals surface area contributed by atoms with Crippen molar-refractivity contribution in [2.24, 2.45) is 0 Å². The van der Waals surface area contributed by atoms with Gasteiger partial charge in [-0.1, -0.05) is 32.0 Å². The number of nitrogens with zero attached hydrogens (tertiary/aromatic N) is 2. The fourth-order valence-corrected chi connectivity index (χ4v) is 2.95. The SMILES string of the molecule is CC1CN(/C=C(/C#N)C(=O)Nc2ccccc2C(C)C)CC(C)O1. The van der Waals surface area contributed by atoms with E-state index >= 15 is 0 Å². The molecule has 1 saturated heterocycles. The number of nitrogens with one attached hydrogen (secondary N) is 1. The van der Waals surface area contributed by atoms with Gasteiger partial charge in [0.1, 0.15) is 11.6 Å². The monoisotopic (exact) mass is 327 g/mol. The minimum atomic E-state index is -0.377. The van der Waals surface area contributed by atoms with Crippen LogP contribution in [-0.4, -0.2) is 36.1 Å². The first kappa shape index (κ1) is 18.0. The van der Waals surface area contributed by atoms with Crippen molar-refractivity contribution in [3.8, 4) is 6.07 Å². The summed E-state index contributed by atoms with van der Waals surface area (Å²) < 4.78 is 5.68. The molecule has 1 aromatic rings. The zero-order valence-corrected chi connectivity index (χ0v) is 14.7. The Morgan fingerprint density at radius 3 is 2.54 bits per heavy atom. The molecule has 24 heavy (non-hydrogen) atoms. The molecule has 5 nitrogen and oxygen atoms in total. The molecule has 2 atom stereocenters. The maximum Gasteiger partial charge on any atom is 0.267 e. The van der Waals surface area contributed by atoms with Crippen molar-refractivity contribution in [2.75, 3.05) is 18.4 Å². The Morgan fingerprint density at radius 1 is 1.33 bits per heavy atom. The summed E-state index contributed by atoms with van der Waals surface area (Å²) in [6, 6.07) is 9.69. The van der Waals surface area contributed by atoms with Crippen molar-refractivity contribution >= 4 is 11.6 Å². The van der Waals surface area contributed by atoms with E-state index < -0.39 is 0 Å². The molecule has 1 amide bonds. The van der Waals surface area contributed by atoms with E-state index in [2.05, 4.69) is 19.2 Å². The third kappa shape index (κ3) is 4.59. The van der Waals surface area contributed by atoms with E-state index in [9.17, 15) is 10.1 Å². The van der Waals surface area contributed by atoms with Crippen molar-refractivity contribution in [3.05, 3.63) is 41.6 Å². The van der Waals surface area contributed by atoms with E-state index in [1.54, 1.807) is 6.20 Å². The van der Waals surface area contributed by atoms with Crippen LogP contribution >= 0.6 is 0 Å². The topological polar surface area (TPSA) is 65.4 Å². The number of carbonyl (C=O) groups excluding carboxylic acids is 1. The summed E-state index contributed by atoms with van der Waals surface area (Å²) in [5, 5.41) is 12.2. The van der Waals surface area contributed by atoms with E-state index in [1.807, 2.05) is 49.1 Å². The predicted molar refractivity (Wildman–Crippen MR) is 94.4 cm³/mol. The van der Waals surface area contributed by atoms with E-state index in [4.69, 9.17) is 4.74 Å². The Balaban J connectivity index is 2.15. The van der Waals surface area contributed by atoms with Gasteiger partial charge in [0.15, 0.2) is 0 Å². The average Bonchev–Trinajstić information content (AvgIpc) is 2.51. The molecule has 0 bridgehead atoms. The zero-order valence-electron chi connectivity index (χ0n) is 14.7. The van der Waals surface area contributed by atoms with Gasteiger partial charge in [0, 0.05) is 25.0 Å². The molecule has 128 valence electrons. The van der Waals surface area contributed by atoms with Crippen LogP contribution in [0.25, 0.3) is 0 Å². The quantitative estimate of drug-likeness (QED) is 0.681. The average molecular weight is 327 g/mol. The van der Waals surface area contributed by atoms with Crippen LogP contribution in [0.1, 0.15) is 39.2 Å². The third-order valence-corrected chi connectivity index (χ3v) is 3.96. The van der Waals surface area contributed by atoms with Gasteiger partial charge < -0.3 is 15.0 Å². The standard InChI is InChI=1S/C19H25N3O2/c1-13(2)17-7-5-6-8-18(17)21-19(23)16(9-20)12-22-10-14(3)24-15(4)11-22/h5-8,12-15H,10-11H2,1-4H3,(H,21,23)/b16-12-. The minimum absolute atomic E-state index is 0.0784. The van der Waals surface area contributed by atoms with Crippen LogP contribution in [0.15, 0.2) is 36.0 Å². The van der Waals surface area contributed by atoms with Gasteiger partial charge in [-0.3, -0.25) is 4.79 Å². The molecular weight excluding hydrogens is 302 g/mol. The number of carbonyl (C=O) groups is 1. The van der Waals surface area contributed by atoms with Gasteiger partial charge in [-0.05, 0) is 31.4 Å². The molecule has 1 heterocycles. The number of hydrogen-bond acceptors (Lipinski definition) is 4. The van der Waals surface area contributed by atoms with Crippen molar-refractivity contribution < 1.29 is 9.53 Å². The summed E-state index contributed by atoms with van der Waals surface area (Å²) in [5.74, 6) is -0.0886. The van der Waals surface area contributed by atoms with Crippen LogP contribution in [0.5, 0.6) is 0 Å². The van der Waals surface area contributed by atoms with Crippen molar-refractivity contribution in [2.45, 2.75) is 45.8 Å². The summed E-state index contributed by atoms with van der Waals surface area (Å²) in [4.78, 5) is 14.5. The lowest BCUT2D eigenvalue weighted by atomic mass is 10.0. The fourth-order valence-electron chi connectivity index (χ4n) is 2.95. The van der Waals surface area contributed by atoms with Gasteiger partial charge in [0.25, 0.3) is 5.91 Å². The Morgan fingerprint density at radius 2 is 1.96 bits per heavy atom. The lowest BCUT2D eigenvalue weighted by Gasteiger charge is -2.34. The van der Waals surface area contributed by atoms with Crippen LogP contribution < -0.4 is 5.32 Å². The molecule has 0 saturated carbocycles. The van der Waals surface area contributed by atoms with E-state index in [0.29, 0.717) is 13.1 Å². The second-order valence-electron chi connectivity index (χ2n) is 6.56. The number of hydrogen-bond donors (Lipinski definition) is 1. The number of anilines is 1. The van der Waals surface area contributed by atoms with Gasteiger partial charge in [-0.2, -0.15) is 5.26 Å². The van der Waals surface area contributed by atoms with E-state index in [-0.39, 0.29) is 29.6 Å². The number of ether oxygens (including phenoxy) is 1. The molecule has 1 aromatic carbocycles. The van der Waals surface area contributed by atoms with Crippen molar-refractivity contribution in [1.29, 1.82) is 5.26 Å². The number of morpholine rings is 1. The molecule has 0 aromatic heterocycles. The van der Waals surface area contributed by atoms with Gasteiger partial charge >= 0.3 is 0 Å². The predicted octanol–water partition coefficient (Wildman–Crippen LogP) is 3.27. The fraction of sp³-hybridized carbons (Fsp3) is 0.474. The highest BCUT2D eigenvalue weighted by molar-refractivity contribution is 6.06. The Labute approximate surface area is 143 Å². The molecule has 1 N–H and O–H groups in total. The molecule has 0 radical (unpaired) electrons. The zero-order chi connectivity index (χ0) is 17.7. The molecule has 1 fully saturated rings. The Bertz CT molecular complexity index is 651. The first-order valence-corrected chi connectivity index (χ1v) is 8.32. The summed E-state index contributed by atoms with van der Waals surface area (Å²) in [6.07, 6.45) is 1.80. The van der Waals surface area contributed by atoms with Crippen molar-refractivity contribution in [3.63, 3.8) is 0 Å². The maximum absolute atomic E-state index is 12.5. The molecule has 2 unspecified atom stereocenters. The summed E-state index contributed by atoms with van der Waals surface area (Å²) in [7, 11) is 0. The maximum atomic E-state index is 12.5. The largest absolute Gasteiger partial charge is 0.372 e. The minimum Gasteiger partial charge on any atom is -0.372 e. The normalized spacial score (nSPS) is 21.5. The highest BCUT2D eigenvalue weighted by Gasteiger charge is 2.22. The summed E-state index contributed by atoms with van der Waals surface area (Å²) in [5.41, 5.74) is 1.91. The van der Waals surface area contributed by atoms with E-state index in [0.717, 1.165) is 11.3 Å². The van der Waals surface area contributed by atoms with Gasteiger partial charge in [0.05, 0.1) is 12.2 Å². The Kier molecular flexibility index (Phi) is 5.99. The summed E-state index contributed by atoms with van der Waals surface area (Å²) in [6.45, 7) is 9.46. The van der Waals surface area contributed by atoms with Gasteiger partial charge in [-0.25, -0.2) is 0 Å². The molecule has 1 aliphatic heterocycles. The molecule has 0 spiro atoms. The van der Waals surface area contributed by atoms with Crippen LogP contribution in [0.4, 0.5) is 5.69 Å². The van der Waals surface area contributed by atoms with Crippen LogP contribution in [0, 0.1) is 11.3 Å². The molecule has 1 aliphatic rings. The smallest absolute Gasteiger partial charge is 0.267 e. The van der Waals surface area contributed by atoms with Crippen LogP contribution in [0.2, 0.25) is 0 Å². The second-order valence-corrected chi connectivity index (χ2v) is 6.56. The van der Waals surface area contributed by atoms with Crippen LogP contribution in [-0.2, 0) is 9.53 Å². The Hall–Kier alpha value is -2.32. The number of rotatable bonds is 4. The number of para-hydroxylation sites is 1. The molecule has 0 aliphatic carbocycles. The molecule has 2 rings (SSSR count). The number of benzene rings is 1. The first-order valence-electron chi connectivity index (χ1n) is 8.32. The van der Waals surface area contributed by atoms with Crippen LogP contribution in [0.3, 0.4) is 0 Å². The summed E-state index contributed by atoms with van der Waals surface area (Å²) >= 11 is 0. The van der Waals surface area contributed by atoms with Gasteiger partial charge in [0.2, 0.25) is 0 Å². The first-order chi connectivity index (χ1) is 11.4. The lowest BCUT2D eigenvalue weighted by Crippen LogP contribution is -2.43. The second kappa shape index (κ2) is 7.98. The molecule has 5 heteroatoms. The van der Waals surface area contributed by atoms with Crippen molar-refractivity contribution in [1.82, 2.24) is 4.90 Å². The van der Waals surface area contributed by atoms with E-state index in [1.165, 1.54) is 0 Å².